The lowest BCUT2D eigenvalue weighted by Gasteiger charge is -2.17. The monoisotopic (exact) mass is 1720 g/mol. The zero-order chi connectivity index (χ0) is 88.6. The minimum absolute atomic E-state index is 0.0190. The van der Waals surface area contributed by atoms with Gasteiger partial charge >= 0.3 is 5.97 Å². The Kier molecular flexibility index (Phi) is 41.4. The molecular weight excluding hydrogens is 1640 g/mol. The van der Waals surface area contributed by atoms with Gasteiger partial charge in [-0.15, -0.1) is 0 Å². The summed E-state index contributed by atoms with van der Waals surface area (Å²) in [6, 6.07) is 30.5. The molecule has 22 nitrogen and oxygen atoms in total. The number of carbonyl (C=O) groups excluding carboxylic acids is 12. The molecule has 8 aromatic rings. The van der Waals surface area contributed by atoms with E-state index in [-0.39, 0.29) is 139 Å². The highest BCUT2D eigenvalue weighted by molar-refractivity contribution is 6.68. The third-order valence-corrected chi connectivity index (χ3v) is 17.9. The first-order valence-corrected chi connectivity index (χ1v) is 36.6. The molecule has 0 heterocycles. The average Bonchev–Trinajstić information content (AvgIpc) is 0.796. The summed E-state index contributed by atoms with van der Waals surface area (Å²) >= 11 is 28.8. The first-order chi connectivity index (χ1) is 55.0. The highest BCUT2D eigenvalue weighted by Gasteiger charge is 2.35. The van der Waals surface area contributed by atoms with Crippen molar-refractivity contribution in [3.05, 3.63) is 231 Å². The van der Waals surface area contributed by atoms with Crippen molar-refractivity contribution in [1.29, 1.82) is 0 Å². The molecular formula is C86H85Cl5F4O22. The number of aliphatic carboxylic acids is 1. The number of hydrogen-bond donors (Lipinski definition) is 1. The number of hydrogen-bond acceptors (Lipinski definition) is 21. The maximum Gasteiger partial charge on any atom is 0.322 e. The van der Waals surface area contributed by atoms with Gasteiger partial charge in [0.1, 0.15) is 116 Å². The van der Waals surface area contributed by atoms with Crippen molar-refractivity contribution in [2.75, 3.05) is 56.9 Å². The Labute approximate surface area is 698 Å². The molecule has 0 spiro atoms. The molecule has 1 N–H and O–H groups in total. The van der Waals surface area contributed by atoms with Crippen LogP contribution < -0.4 is 37.9 Å². The second-order valence-corrected chi connectivity index (χ2v) is 27.5. The highest BCUT2D eigenvalue weighted by atomic mass is 35.5. The van der Waals surface area contributed by atoms with Gasteiger partial charge < -0.3 is 43.0 Å². The fourth-order valence-corrected chi connectivity index (χ4v) is 12.1. The summed E-state index contributed by atoms with van der Waals surface area (Å²) in [4.78, 5) is 147. The second-order valence-electron chi connectivity index (χ2n) is 25.5. The van der Waals surface area contributed by atoms with Gasteiger partial charge in [0.05, 0.1) is 118 Å². The Morgan fingerprint density at radius 1 is 0.308 bits per heavy atom. The van der Waals surface area contributed by atoms with E-state index < -0.39 is 75.2 Å². The standard InChI is InChI=1S/C21H20ClFO5.C20H18ClFO6.C19H18ClFO4.C16H13Cl2FO3.2C5H8O2/c1-11(24)19(12(2)25)21(26)15-9-14(17(27-3)10-18(15)28-4)8-13-6-5-7-16(22)20(13)23;1-10(23)17(20(25)26)19(24)13-8-12(15(27-2)9-16(13)28-3)7-11-5-4-6-14(21)18(11)22;1-11(22)7-16(23)14-9-13(17(24-2)10-18(14)25-3)8-12-5-4-6-15(20)19(12)21;1-21-13-8-14(22-2)11(16(18)20)7-10(13)6-9-4-3-5-12(17)15(9)19;2*1-4(6)3-5(2)7/h5-7,9-10,19H,8H2,1-4H3;4-6,8-9,17H,7H2,1-3H3,(H,25,26);4-6,9-10H,7-8H2,1-3H3;3-5,7-8H,6H2,1-2H3;2*3H2,1-2H3. The predicted molar refractivity (Wildman–Crippen MR) is 432 cm³/mol. The molecule has 8 aromatic carbocycles. The number of methoxy groups -OCH3 is 8. The summed E-state index contributed by atoms with van der Waals surface area (Å²) in [6.45, 7) is 10.3. The van der Waals surface area contributed by atoms with Crippen LogP contribution in [-0.4, -0.2) is 137 Å². The van der Waals surface area contributed by atoms with Crippen LogP contribution in [0.5, 0.6) is 46.0 Å². The molecule has 31 heteroatoms. The van der Waals surface area contributed by atoms with Crippen molar-refractivity contribution >= 4 is 133 Å². The van der Waals surface area contributed by atoms with Gasteiger partial charge in [0.25, 0.3) is 5.24 Å². The third kappa shape index (κ3) is 29.8. The maximum absolute atomic E-state index is 14.3. The number of ether oxygens (including phenoxy) is 8. The molecule has 0 aliphatic heterocycles. The van der Waals surface area contributed by atoms with Crippen molar-refractivity contribution in [2.45, 2.75) is 100 Å². The molecule has 8 rings (SSSR count). The van der Waals surface area contributed by atoms with Crippen LogP contribution >= 0.6 is 58.0 Å². The van der Waals surface area contributed by atoms with Gasteiger partial charge in [0, 0.05) is 49.9 Å². The summed E-state index contributed by atoms with van der Waals surface area (Å²) < 4.78 is 98.8. The topological polar surface area (TPSA) is 316 Å². The molecule has 1 atom stereocenters. The molecule has 0 aliphatic carbocycles. The number of Topliss-reactive ketones (excluding diaryl/α,β-unsaturated/α-hetero) is 11. The summed E-state index contributed by atoms with van der Waals surface area (Å²) in [5.41, 5.74) is 3.83. The zero-order valence-corrected chi connectivity index (χ0v) is 70.4. The van der Waals surface area contributed by atoms with E-state index >= 15 is 0 Å². The van der Waals surface area contributed by atoms with Gasteiger partial charge in [-0.3, -0.25) is 62.3 Å². The molecule has 0 bridgehead atoms. The molecule has 0 fully saturated rings. The van der Waals surface area contributed by atoms with Gasteiger partial charge in [0.15, 0.2) is 29.1 Å². The van der Waals surface area contributed by atoms with E-state index in [0.717, 1.165) is 6.92 Å². The number of ketones is 11. The molecule has 117 heavy (non-hydrogen) atoms. The largest absolute Gasteiger partial charge is 0.496 e. The first-order valence-electron chi connectivity index (χ1n) is 34.8. The van der Waals surface area contributed by atoms with Crippen LogP contribution in [0, 0.1) is 35.1 Å². The van der Waals surface area contributed by atoms with Crippen LogP contribution in [0.15, 0.2) is 121 Å². The Balaban J connectivity index is 0.000000382. The van der Waals surface area contributed by atoms with Gasteiger partial charge in [-0.25, -0.2) is 17.6 Å². The minimum atomic E-state index is -1.86. The lowest BCUT2D eigenvalue weighted by Crippen LogP contribution is -2.30. The molecule has 0 saturated heterocycles. The van der Waals surface area contributed by atoms with E-state index in [0.29, 0.717) is 73.4 Å². The van der Waals surface area contributed by atoms with Gasteiger partial charge in [-0.05, 0) is 160 Å². The maximum atomic E-state index is 14.3. The van der Waals surface area contributed by atoms with E-state index in [2.05, 4.69) is 0 Å². The van der Waals surface area contributed by atoms with E-state index in [1.807, 2.05) is 0 Å². The first kappa shape index (κ1) is 100. The fraction of sp³-hybridized carbons (Fsp3) is 0.291. The van der Waals surface area contributed by atoms with E-state index in [9.17, 15) is 85.0 Å². The Morgan fingerprint density at radius 2 is 0.530 bits per heavy atom. The summed E-state index contributed by atoms with van der Waals surface area (Å²) in [7, 11) is 11.3. The van der Waals surface area contributed by atoms with Gasteiger partial charge in [-0.2, -0.15) is 0 Å². The van der Waals surface area contributed by atoms with Gasteiger partial charge in [0.2, 0.25) is 0 Å². The normalized spacial score (nSPS) is 10.5. The van der Waals surface area contributed by atoms with Crippen molar-refractivity contribution in [1.82, 2.24) is 0 Å². The van der Waals surface area contributed by atoms with Crippen LogP contribution in [0.4, 0.5) is 17.6 Å². The van der Waals surface area contributed by atoms with E-state index in [1.54, 1.807) is 60.7 Å². The smallest absolute Gasteiger partial charge is 0.322 e. The van der Waals surface area contributed by atoms with Crippen LogP contribution in [0.25, 0.3) is 0 Å². The lowest BCUT2D eigenvalue weighted by atomic mass is 9.89. The minimum Gasteiger partial charge on any atom is -0.496 e. The molecule has 0 aromatic heterocycles. The summed E-state index contributed by atoms with van der Waals surface area (Å²) in [5.74, 6) is -9.00. The van der Waals surface area contributed by atoms with Crippen LogP contribution in [-0.2, 0) is 68.8 Å². The number of carbonyl (C=O) groups is 13. The van der Waals surface area contributed by atoms with E-state index in [4.69, 9.17) is 95.9 Å². The molecule has 0 saturated carbocycles. The summed E-state index contributed by atoms with van der Waals surface area (Å²) in [5, 5.41) is 8.58. The zero-order valence-electron chi connectivity index (χ0n) is 66.6. The number of carboxylic acid groups (broad SMARTS) is 1. The van der Waals surface area contributed by atoms with Crippen LogP contribution in [0.1, 0.15) is 161 Å². The molecule has 0 aliphatic rings. The Bertz CT molecular complexity index is 4810. The van der Waals surface area contributed by atoms with Crippen molar-refractivity contribution < 1.29 is 123 Å². The van der Waals surface area contributed by atoms with E-state index in [1.165, 1.54) is 166 Å². The molecule has 0 radical (unpaired) electrons. The van der Waals surface area contributed by atoms with Crippen LogP contribution in [0.2, 0.25) is 20.1 Å². The fourth-order valence-electron chi connectivity index (χ4n) is 11.2. The quantitative estimate of drug-likeness (QED) is 0.0177. The molecule has 1 unspecified atom stereocenters. The number of carboxylic acids is 1. The van der Waals surface area contributed by atoms with Gasteiger partial charge in [-0.1, -0.05) is 94.9 Å². The molecule has 0 amide bonds. The summed E-state index contributed by atoms with van der Waals surface area (Å²) in [6.07, 6.45) is 0.437. The Morgan fingerprint density at radius 3 is 0.744 bits per heavy atom. The predicted octanol–water partition coefficient (Wildman–Crippen LogP) is 17.4. The Hall–Kier alpha value is -11.2. The van der Waals surface area contributed by atoms with Crippen molar-refractivity contribution in [3.8, 4) is 46.0 Å². The number of benzene rings is 8. The number of halogens is 9. The average molecular weight is 1720 g/mol. The van der Waals surface area contributed by atoms with Crippen LogP contribution in [0.3, 0.4) is 0 Å². The van der Waals surface area contributed by atoms with Crippen molar-refractivity contribution in [2.24, 2.45) is 11.8 Å². The molecule has 624 valence electrons. The number of rotatable bonds is 32. The lowest BCUT2D eigenvalue weighted by molar-refractivity contribution is -0.144. The third-order valence-electron chi connectivity index (χ3n) is 16.5. The highest BCUT2D eigenvalue weighted by Crippen LogP contribution is 2.38. The SMILES string of the molecule is CC(=O)CC(C)=O.CC(=O)CC(C)=O.COc1cc(OC)c(C(=O)C(C(C)=O)C(=O)O)cc1Cc1cccc(Cl)c1F.COc1cc(OC)c(C(=O)C(C(C)=O)C(C)=O)cc1Cc1cccc(Cl)c1F.COc1cc(OC)c(C(=O)CC(C)=O)cc1Cc1cccc(Cl)c1F.COc1cc(OC)c(C(=O)Cl)cc1Cc1cccc(Cl)c1F. The van der Waals surface area contributed by atoms with Crippen molar-refractivity contribution in [3.63, 3.8) is 0 Å². The second kappa shape index (κ2) is 48.4.